The zero-order valence-corrected chi connectivity index (χ0v) is 10.6. The monoisotopic (exact) mass is 257 g/mol. The zero-order valence-electron chi connectivity index (χ0n) is 9.78. The van der Waals surface area contributed by atoms with Crippen molar-refractivity contribution in [3.8, 4) is 0 Å². The third-order valence-electron chi connectivity index (χ3n) is 3.26. The molecule has 0 radical (unpaired) electrons. The van der Waals surface area contributed by atoms with Gasteiger partial charge in [0.2, 0.25) is 0 Å². The summed E-state index contributed by atoms with van der Waals surface area (Å²) in [6.45, 7) is 3.37. The third-order valence-corrected chi connectivity index (χ3v) is 3.26. The molecule has 94 valence electrons. The Morgan fingerprint density at radius 1 is 1.47 bits per heavy atom. The average molecular weight is 258 g/mol. The van der Waals surface area contributed by atoms with Crippen LogP contribution < -0.4 is 5.32 Å². The SMILES string of the molecule is Cc1ccc(C2CCNCC2C=O)c(F)c1.Cl. The molecule has 0 bridgehead atoms. The molecule has 1 aliphatic rings. The largest absolute Gasteiger partial charge is 0.316 e. The molecular weight excluding hydrogens is 241 g/mol. The van der Waals surface area contributed by atoms with Crippen molar-refractivity contribution in [2.24, 2.45) is 5.92 Å². The Morgan fingerprint density at radius 3 is 2.88 bits per heavy atom. The molecule has 0 aromatic heterocycles. The summed E-state index contributed by atoms with van der Waals surface area (Å²) in [5.74, 6) is -0.260. The van der Waals surface area contributed by atoms with Gasteiger partial charge >= 0.3 is 0 Å². The van der Waals surface area contributed by atoms with Gasteiger partial charge in [0.05, 0.1) is 0 Å². The number of carbonyl (C=O) groups excluding carboxylic acids is 1. The number of aryl methyl sites for hydroxylation is 1. The fourth-order valence-electron chi connectivity index (χ4n) is 2.34. The van der Waals surface area contributed by atoms with Crippen molar-refractivity contribution in [3.63, 3.8) is 0 Å². The molecule has 1 fully saturated rings. The van der Waals surface area contributed by atoms with Crippen LogP contribution in [0.1, 0.15) is 23.5 Å². The van der Waals surface area contributed by atoms with E-state index in [0.29, 0.717) is 12.1 Å². The minimum atomic E-state index is -0.182. The van der Waals surface area contributed by atoms with Crippen LogP contribution in [0.3, 0.4) is 0 Å². The van der Waals surface area contributed by atoms with E-state index in [4.69, 9.17) is 0 Å². The highest BCUT2D eigenvalue weighted by Gasteiger charge is 2.27. The van der Waals surface area contributed by atoms with E-state index in [0.717, 1.165) is 24.8 Å². The molecule has 2 atom stereocenters. The Morgan fingerprint density at radius 2 is 2.24 bits per heavy atom. The predicted octanol–water partition coefficient (Wildman–Crippen LogP) is 2.45. The Bertz CT molecular complexity index is 397. The normalized spacial score (nSPS) is 23.9. The van der Waals surface area contributed by atoms with Gasteiger partial charge < -0.3 is 10.1 Å². The quantitative estimate of drug-likeness (QED) is 0.825. The second-order valence-electron chi connectivity index (χ2n) is 4.42. The van der Waals surface area contributed by atoms with E-state index in [2.05, 4.69) is 5.32 Å². The first-order chi connectivity index (χ1) is 7.72. The maximum atomic E-state index is 13.8. The predicted molar refractivity (Wildman–Crippen MR) is 68.2 cm³/mol. The van der Waals surface area contributed by atoms with Crippen molar-refractivity contribution >= 4 is 18.7 Å². The summed E-state index contributed by atoms with van der Waals surface area (Å²) < 4.78 is 13.8. The molecule has 0 saturated carbocycles. The van der Waals surface area contributed by atoms with E-state index in [1.54, 1.807) is 6.07 Å². The number of hydrogen-bond donors (Lipinski definition) is 1. The van der Waals surface area contributed by atoms with Crippen LogP contribution in [0.4, 0.5) is 4.39 Å². The van der Waals surface area contributed by atoms with Gasteiger partial charge in [0.1, 0.15) is 12.1 Å². The third kappa shape index (κ3) is 3.05. The van der Waals surface area contributed by atoms with E-state index in [9.17, 15) is 9.18 Å². The van der Waals surface area contributed by atoms with E-state index in [-0.39, 0.29) is 30.1 Å². The lowest BCUT2D eigenvalue weighted by molar-refractivity contribution is -0.112. The van der Waals surface area contributed by atoms with Crippen molar-refractivity contribution in [1.29, 1.82) is 0 Å². The van der Waals surface area contributed by atoms with Crippen molar-refractivity contribution in [2.45, 2.75) is 19.3 Å². The zero-order chi connectivity index (χ0) is 11.5. The standard InChI is InChI=1S/C13H16FNO.ClH/c1-9-2-3-12(13(14)6-9)11-4-5-15-7-10(11)8-16;/h2-3,6,8,10-11,15H,4-5,7H2,1H3;1H. The van der Waals surface area contributed by atoms with Crippen molar-refractivity contribution in [3.05, 3.63) is 35.1 Å². The summed E-state index contributed by atoms with van der Waals surface area (Å²) in [6, 6.07) is 5.26. The molecule has 1 N–H and O–H groups in total. The first-order valence-electron chi connectivity index (χ1n) is 5.64. The first kappa shape index (κ1) is 14.1. The van der Waals surface area contributed by atoms with Gasteiger partial charge in [0.25, 0.3) is 0 Å². The number of nitrogens with one attached hydrogen (secondary N) is 1. The summed E-state index contributed by atoms with van der Waals surface area (Å²) >= 11 is 0. The molecule has 2 rings (SSSR count). The second-order valence-corrected chi connectivity index (χ2v) is 4.42. The van der Waals surface area contributed by atoms with E-state index in [1.165, 1.54) is 0 Å². The van der Waals surface area contributed by atoms with Gasteiger partial charge in [-0.3, -0.25) is 0 Å². The van der Waals surface area contributed by atoms with Gasteiger partial charge in [-0.2, -0.15) is 0 Å². The second kappa shape index (κ2) is 6.12. The Labute approximate surface area is 107 Å². The van der Waals surface area contributed by atoms with Crippen LogP contribution in [-0.2, 0) is 4.79 Å². The smallest absolute Gasteiger partial charge is 0.126 e. The Hall–Kier alpha value is -0.930. The van der Waals surface area contributed by atoms with E-state index in [1.807, 2.05) is 19.1 Å². The van der Waals surface area contributed by atoms with Gasteiger partial charge in [-0.1, -0.05) is 12.1 Å². The van der Waals surface area contributed by atoms with Crippen LogP contribution >= 0.6 is 12.4 Å². The van der Waals surface area contributed by atoms with Crippen LogP contribution in [0, 0.1) is 18.7 Å². The summed E-state index contributed by atoms with van der Waals surface area (Å²) in [6.07, 6.45) is 1.76. The Balaban J connectivity index is 0.00000144. The molecule has 1 heterocycles. The number of piperidine rings is 1. The molecule has 4 heteroatoms. The van der Waals surface area contributed by atoms with Gasteiger partial charge in [0.15, 0.2) is 0 Å². The van der Waals surface area contributed by atoms with Crippen LogP contribution in [0.25, 0.3) is 0 Å². The fraction of sp³-hybridized carbons (Fsp3) is 0.462. The number of rotatable bonds is 2. The molecule has 0 amide bonds. The molecule has 0 spiro atoms. The van der Waals surface area contributed by atoms with Crippen LogP contribution in [0.5, 0.6) is 0 Å². The van der Waals surface area contributed by atoms with Crippen LogP contribution in [0.15, 0.2) is 18.2 Å². The van der Waals surface area contributed by atoms with Crippen LogP contribution in [-0.4, -0.2) is 19.4 Å². The van der Waals surface area contributed by atoms with Gasteiger partial charge in [0, 0.05) is 12.5 Å². The maximum Gasteiger partial charge on any atom is 0.126 e. The van der Waals surface area contributed by atoms with Crippen molar-refractivity contribution < 1.29 is 9.18 Å². The first-order valence-corrected chi connectivity index (χ1v) is 5.64. The summed E-state index contributed by atoms with van der Waals surface area (Å²) in [4.78, 5) is 11.0. The molecular formula is C13H17ClFNO. The molecule has 2 unspecified atom stereocenters. The minimum Gasteiger partial charge on any atom is -0.316 e. The van der Waals surface area contributed by atoms with Crippen molar-refractivity contribution in [1.82, 2.24) is 5.32 Å². The molecule has 1 saturated heterocycles. The average Bonchev–Trinajstić information content (AvgIpc) is 2.29. The Kier molecular flexibility index (Phi) is 5.09. The van der Waals surface area contributed by atoms with Crippen molar-refractivity contribution in [2.75, 3.05) is 13.1 Å². The summed E-state index contributed by atoms with van der Waals surface area (Å²) in [5, 5.41) is 3.16. The molecule has 2 nitrogen and oxygen atoms in total. The molecule has 17 heavy (non-hydrogen) atoms. The molecule has 1 aromatic carbocycles. The lowest BCUT2D eigenvalue weighted by atomic mass is 9.81. The number of halogens is 2. The van der Waals surface area contributed by atoms with Gasteiger partial charge in [-0.25, -0.2) is 4.39 Å². The molecule has 0 aliphatic carbocycles. The van der Waals surface area contributed by atoms with Gasteiger partial charge in [-0.05, 0) is 43.0 Å². The number of aldehydes is 1. The number of carbonyl (C=O) groups is 1. The highest BCUT2D eigenvalue weighted by Crippen LogP contribution is 2.31. The highest BCUT2D eigenvalue weighted by molar-refractivity contribution is 5.85. The van der Waals surface area contributed by atoms with Crippen LogP contribution in [0.2, 0.25) is 0 Å². The summed E-state index contributed by atoms with van der Waals surface area (Å²) in [5.41, 5.74) is 1.60. The summed E-state index contributed by atoms with van der Waals surface area (Å²) in [7, 11) is 0. The van der Waals surface area contributed by atoms with E-state index >= 15 is 0 Å². The van der Waals surface area contributed by atoms with Gasteiger partial charge in [-0.15, -0.1) is 12.4 Å². The van der Waals surface area contributed by atoms with E-state index < -0.39 is 0 Å². The lowest BCUT2D eigenvalue weighted by Crippen LogP contribution is -2.36. The number of hydrogen-bond acceptors (Lipinski definition) is 2. The topological polar surface area (TPSA) is 29.1 Å². The minimum absolute atomic E-state index is 0. The lowest BCUT2D eigenvalue weighted by Gasteiger charge is -2.29. The highest BCUT2D eigenvalue weighted by atomic mass is 35.5. The molecule has 1 aliphatic heterocycles. The molecule has 1 aromatic rings. The number of benzene rings is 1. The fourth-order valence-corrected chi connectivity index (χ4v) is 2.34. The maximum absolute atomic E-state index is 13.8.